The van der Waals surface area contributed by atoms with Crippen molar-refractivity contribution in [2.45, 2.75) is 13.8 Å². The van der Waals surface area contributed by atoms with Crippen molar-refractivity contribution >= 4 is 34.6 Å². The molecule has 0 amide bonds. The van der Waals surface area contributed by atoms with Crippen molar-refractivity contribution in [3.63, 3.8) is 0 Å². The average Bonchev–Trinajstić information content (AvgIpc) is 3.29. The number of hydrogen-bond acceptors (Lipinski definition) is 6. The van der Waals surface area contributed by atoms with Gasteiger partial charge in [0.05, 0.1) is 25.3 Å². The van der Waals surface area contributed by atoms with Crippen LogP contribution in [0.4, 0.5) is 8.78 Å². The zero-order valence-electron chi connectivity index (χ0n) is 15.5. The summed E-state index contributed by atoms with van der Waals surface area (Å²) in [4.78, 5) is 26.2. The van der Waals surface area contributed by atoms with Crippen molar-refractivity contribution in [2.24, 2.45) is 0 Å². The average molecular weight is 422 g/mol. The van der Waals surface area contributed by atoms with Gasteiger partial charge in [-0.3, -0.25) is 0 Å². The summed E-state index contributed by atoms with van der Waals surface area (Å²) in [6.07, 6.45) is 0. The normalized spacial score (nSPS) is 10.8. The Kier molecular flexibility index (Phi) is 5.62. The molecule has 0 spiro atoms. The number of benzene rings is 1. The van der Waals surface area contributed by atoms with Crippen LogP contribution in [0.15, 0.2) is 24.3 Å². The Labute approximate surface area is 168 Å². The minimum Gasteiger partial charge on any atom is -0.465 e. The van der Waals surface area contributed by atoms with E-state index in [0.717, 1.165) is 22.7 Å². The van der Waals surface area contributed by atoms with Gasteiger partial charge in [0.1, 0.15) is 0 Å². The van der Waals surface area contributed by atoms with Crippen molar-refractivity contribution in [3.8, 4) is 20.9 Å². The molecule has 0 unspecified atom stereocenters. The maximum atomic E-state index is 13.7. The number of methoxy groups -OCH3 is 2. The van der Waals surface area contributed by atoms with Gasteiger partial charge in [-0.2, -0.15) is 8.78 Å². The Morgan fingerprint density at radius 2 is 1.11 bits per heavy atom. The highest BCUT2D eigenvalue weighted by atomic mass is 32.1. The van der Waals surface area contributed by atoms with Crippen LogP contribution < -0.4 is 0 Å². The number of esters is 2. The van der Waals surface area contributed by atoms with E-state index in [0.29, 0.717) is 32.0 Å². The molecule has 0 N–H and O–H groups in total. The second-order valence-electron chi connectivity index (χ2n) is 5.94. The third-order valence-corrected chi connectivity index (χ3v) is 6.20. The lowest BCUT2D eigenvalue weighted by Crippen LogP contribution is -2.14. The molecule has 146 valence electrons. The molecule has 0 atom stereocenters. The Balaban J connectivity index is 2.49. The van der Waals surface area contributed by atoms with E-state index < -0.39 is 22.2 Å². The summed E-state index contributed by atoms with van der Waals surface area (Å²) in [6, 6.07) is 5.66. The van der Waals surface area contributed by atoms with Gasteiger partial charge in [0, 0.05) is 20.9 Å². The summed E-state index contributed by atoms with van der Waals surface area (Å²) in [7, 11) is 2.49. The van der Waals surface area contributed by atoms with Crippen molar-refractivity contribution in [1.29, 1.82) is 0 Å². The van der Waals surface area contributed by atoms with E-state index >= 15 is 0 Å². The number of carbonyl (C=O) groups is 2. The molecular weight excluding hydrogens is 406 g/mol. The van der Waals surface area contributed by atoms with Crippen LogP contribution in [-0.2, 0) is 9.47 Å². The predicted octanol–water partition coefficient (Wildman–Crippen LogP) is 5.61. The fraction of sp³-hybridized carbons (Fsp3) is 0.200. The Hall–Kier alpha value is -2.58. The lowest BCUT2D eigenvalue weighted by Gasteiger charge is -2.20. The van der Waals surface area contributed by atoms with Crippen molar-refractivity contribution in [1.82, 2.24) is 0 Å². The minimum absolute atomic E-state index is 0.207. The first-order valence-electron chi connectivity index (χ1n) is 8.15. The van der Waals surface area contributed by atoms with E-state index in [-0.39, 0.29) is 11.1 Å². The van der Waals surface area contributed by atoms with Crippen LogP contribution in [0.3, 0.4) is 0 Å². The molecule has 2 heterocycles. The van der Waals surface area contributed by atoms with E-state index in [1.54, 1.807) is 26.0 Å². The molecule has 3 rings (SSSR count). The molecule has 0 saturated carbocycles. The van der Waals surface area contributed by atoms with Crippen LogP contribution >= 0.6 is 22.7 Å². The molecule has 0 fully saturated rings. The molecule has 0 aliphatic heterocycles. The monoisotopic (exact) mass is 422 g/mol. The van der Waals surface area contributed by atoms with Crippen LogP contribution in [0.2, 0.25) is 0 Å². The SMILES string of the molecule is COC(=O)c1c(C)c(-c2ccc(F)s2)c(C(=O)OC)c(C)c1-c1ccc(F)s1. The standard InChI is InChI=1S/C20H16F2O4S2/c1-9-15(11-5-7-13(21)27-11)18(20(24)26-4)10(2)16(17(9)19(23)25-3)12-6-8-14(22)28-12/h5-8H,1-4H3. The number of ether oxygens (including phenoxy) is 2. The number of halogens is 2. The van der Waals surface area contributed by atoms with Crippen LogP contribution in [-0.4, -0.2) is 26.2 Å². The van der Waals surface area contributed by atoms with Gasteiger partial charge in [0.25, 0.3) is 0 Å². The molecule has 0 saturated heterocycles. The Bertz CT molecular complexity index is 996. The zero-order valence-corrected chi connectivity index (χ0v) is 17.1. The first-order chi connectivity index (χ1) is 13.3. The summed E-state index contributed by atoms with van der Waals surface area (Å²) >= 11 is 1.71. The van der Waals surface area contributed by atoms with Gasteiger partial charge < -0.3 is 9.47 Å². The summed E-state index contributed by atoms with van der Waals surface area (Å²) in [5.74, 6) is -1.25. The van der Waals surface area contributed by atoms with Gasteiger partial charge >= 0.3 is 11.9 Å². The fourth-order valence-corrected chi connectivity index (χ4v) is 4.91. The fourth-order valence-electron chi connectivity index (χ4n) is 3.23. The van der Waals surface area contributed by atoms with E-state index in [4.69, 9.17) is 9.47 Å². The molecule has 0 aliphatic rings. The Morgan fingerprint density at radius 3 is 1.36 bits per heavy atom. The molecule has 3 aromatic rings. The quantitative estimate of drug-likeness (QED) is 0.513. The second-order valence-corrected chi connectivity index (χ2v) is 8.01. The van der Waals surface area contributed by atoms with Crippen LogP contribution in [0.25, 0.3) is 20.9 Å². The lowest BCUT2D eigenvalue weighted by atomic mass is 9.86. The van der Waals surface area contributed by atoms with E-state index in [9.17, 15) is 18.4 Å². The third kappa shape index (κ3) is 3.33. The maximum Gasteiger partial charge on any atom is 0.338 e. The van der Waals surface area contributed by atoms with E-state index in [1.165, 1.54) is 26.4 Å². The first kappa shape index (κ1) is 20.2. The lowest BCUT2D eigenvalue weighted by molar-refractivity contribution is 0.0586. The number of thiophene rings is 2. The van der Waals surface area contributed by atoms with E-state index in [1.807, 2.05) is 0 Å². The first-order valence-corrected chi connectivity index (χ1v) is 9.78. The summed E-state index contributed by atoms with van der Waals surface area (Å²) in [5, 5.41) is -0.848. The molecule has 2 aromatic heterocycles. The molecule has 8 heteroatoms. The molecular formula is C20H16F2O4S2. The maximum absolute atomic E-state index is 13.7. The molecule has 1 aromatic carbocycles. The van der Waals surface area contributed by atoms with Gasteiger partial charge in [-0.05, 0) is 49.2 Å². The third-order valence-electron chi connectivity index (χ3n) is 4.42. The highest BCUT2D eigenvalue weighted by Crippen LogP contribution is 2.43. The van der Waals surface area contributed by atoms with Crippen molar-refractivity contribution in [2.75, 3.05) is 14.2 Å². The van der Waals surface area contributed by atoms with Crippen molar-refractivity contribution < 1.29 is 27.8 Å². The van der Waals surface area contributed by atoms with Gasteiger partial charge in [-0.1, -0.05) is 0 Å². The number of rotatable bonds is 4. The van der Waals surface area contributed by atoms with Gasteiger partial charge in [-0.25, -0.2) is 9.59 Å². The van der Waals surface area contributed by atoms with Crippen LogP contribution in [0.5, 0.6) is 0 Å². The zero-order chi connectivity index (χ0) is 20.6. The van der Waals surface area contributed by atoms with Crippen LogP contribution in [0, 0.1) is 24.1 Å². The largest absolute Gasteiger partial charge is 0.465 e. The highest BCUT2D eigenvalue weighted by Gasteiger charge is 2.30. The molecule has 0 bridgehead atoms. The summed E-state index contributed by atoms with van der Waals surface area (Å²) < 4.78 is 37.3. The minimum atomic E-state index is -0.626. The van der Waals surface area contributed by atoms with Crippen LogP contribution in [0.1, 0.15) is 31.8 Å². The van der Waals surface area contributed by atoms with Gasteiger partial charge in [0.15, 0.2) is 10.3 Å². The van der Waals surface area contributed by atoms with Gasteiger partial charge in [0.2, 0.25) is 0 Å². The molecule has 0 radical (unpaired) electrons. The predicted molar refractivity (Wildman–Crippen MR) is 105 cm³/mol. The summed E-state index contributed by atoms with van der Waals surface area (Å²) in [6.45, 7) is 3.30. The smallest absolute Gasteiger partial charge is 0.338 e. The highest BCUT2D eigenvalue weighted by molar-refractivity contribution is 7.14. The molecule has 0 aliphatic carbocycles. The topological polar surface area (TPSA) is 52.6 Å². The number of carbonyl (C=O) groups excluding carboxylic acids is 2. The second kappa shape index (κ2) is 7.81. The Morgan fingerprint density at radius 1 is 0.750 bits per heavy atom. The molecule has 4 nitrogen and oxygen atoms in total. The number of hydrogen-bond donors (Lipinski definition) is 0. The van der Waals surface area contributed by atoms with E-state index in [2.05, 4.69) is 0 Å². The summed E-state index contributed by atoms with van der Waals surface area (Å²) in [5.41, 5.74) is 2.09. The van der Waals surface area contributed by atoms with Crippen molar-refractivity contribution in [3.05, 3.63) is 56.8 Å². The molecule has 28 heavy (non-hydrogen) atoms. The van der Waals surface area contributed by atoms with Gasteiger partial charge in [-0.15, -0.1) is 22.7 Å².